The Labute approximate surface area is 119 Å². The van der Waals surface area contributed by atoms with E-state index in [0.717, 1.165) is 25.9 Å². The number of amidine groups is 1. The summed E-state index contributed by atoms with van der Waals surface area (Å²) in [4.78, 5) is 2.02. The highest BCUT2D eigenvalue weighted by atomic mass is 79.9. The molecule has 0 aromatic heterocycles. The van der Waals surface area contributed by atoms with Crippen LogP contribution in [0, 0.1) is 11.2 Å². The zero-order valence-electron chi connectivity index (χ0n) is 10.3. The molecule has 2 heterocycles. The minimum atomic E-state index is -0.353. The Kier molecular flexibility index (Phi) is 3.22. The van der Waals surface area contributed by atoms with Crippen LogP contribution in [0.3, 0.4) is 0 Å². The molecule has 1 aromatic rings. The number of anilines is 1. The van der Waals surface area contributed by atoms with Crippen LogP contribution in [0.1, 0.15) is 18.4 Å². The second kappa shape index (κ2) is 4.76. The second-order valence-electron chi connectivity index (χ2n) is 5.04. The summed E-state index contributed by atoms with van der Waals surface area (Å²) in [5.74, 6) is -0.492. The van der Waals surface area contributed by atoms with Gasteiger partial charge in [0.15, 0.2) is 5.82 Å². The Balaban J connectivity index is 1.93. The fraction of sp³-hybridized carbons (Fsp3) is 0.462. The van der Waals surface area contributed by atoms with Gasteiger partial charge in [0.25, 0.3) is 0 Å². The molecule has 0 aliphatic carbocycles. The number of fused-ring (bicyclic) bond motifs is 2. The molecular formula is C13H15BrFN3O. The predicted octanol–water partition coefficient (Wildman–Crippen LogP) is 2.24. The molecule has 3 N–H and O–H groups in total. The van der Waals surface area contributed by atoms with Gasteiger partial charge in [-0.25, -0.2) is 4.39 Å². The first kappa shape index (κ1) is 12.9. The highest BCUT2D eigenvalue weighted by molar-refractivity contribution is 9.10. The summed E-state index contributed by atoms with van der Waals surface area (Å²) in [6.45, 7) is 1.44. The van der Waals surface area contributed by atoms with Crippen LogP contribution in [0.2, 0.25) is 0 Å². The van der Waals surface area contributed by atoms with E-state index in [1.807, 2.05) is 4.90 Å². The van der Waals surface area contributed by atoms with Crippen LogP contribution in [-0.2, 0) is 4.74 Å². The van der Waals surface area contributed by atoms with Crippen LogP contribution in [0.4, 0.5) is 10.1 Å². The van der Waals surface area contributed by atoms with Crippen LogP contribution in [-0.4, -0.2) is 31.1 Å². The maximum Gasteiger partial charge on any atom is 0.161 e. The standard InChI is InChI=1S/C13H15BrFN3O/c14-11-9(13(16)17)3-4-10(12(11)15)18-5-7-1-2-8(6-18)19-7/h3-4,7-8H,1-2,5-6H2,(H3,16,17). The maximum atomic E-state index is 14.4. The van der Waals surface area contributed by atoms with Gasteiger partial charge in [-0.05, 0) is 40.9 Å². The number of morpholine rings is 1. The van der Waals surface area contributed by atoms with E-state index in [0.29, 0.717) is 11.3 Å². The van der Waals surface area contributed by atoms with Crippen molar-refractivity contribution in [2.24, 2.45) is 5.73 Å². The number of nitrogen functional groups attached to an aromatic ring is 1. The molecule has 0 saturated carbocycles. The Morgan fingerprint density at radius 1 is 1.37 bits per heavy atom. The van der Waals surface area contributed by atoms with Gasteiger partial charge in [0, 0.05) is 18.7 Å². The number of halogens is 2. The number of nitrogens with zero attached hydrogens (tertiary/aromatic N) is 1. The number of nitrogens with two attached hydrogens (primary N) is 1. The third kappa shape index (κ3) is 2.23. The lowest BCUT2D eigenvalue weighted by molar-refractivity contribution is 0.0303. The summed E-state index contributed by atoms with van der Waals surface area (Å²) >= 11 is 3.19. The van der Waals surface area contributed by atoms with Gasteiger partial charge >= 0.3 is 0 Å². The van der Waals surface area contributed by atoms with Crippen LogP contribution < -0.4 is 10.6 Å². The van der Waals surface area contributed by atoms with E-state index in [2.05, 4.69) is 15.9 Å². The summed E-state index contributed by atoms with van der Waals surface area (Å²) in [6.07, 6.45) is 2.53. The van der Waals surface area contributed by atoms with Crippen LogP contribution in [0.15, 0.2) is 16.6 Å². The van der Waals surface area contributed by atoms with Gasteiger partial charge in [-0.15, -0.1) is 0 Å². The van der Waals surface area contributed by atoms with Crippen molar-refractivity contribution in [2.75, 3.05) is 18.0 Å². The van der Waals surface area contributed by atoms with Crippen molar-refractivity contribution in [1.82, 2.24) is 0 Å². The number of ether oxygens (including phenoxy) is 1. The van der Waals surface area contributed by atoms with Gasteiger partial charge in [0.1, 0.15) is 5.84 Å². The minimum absolute atomic E-state index is 0.139. The minimum Gasteiger partial charge on any atom is -0.384 e. The van der Waals surface area contributed by atoms with Crippen molar-refractivity contribution in [2.45, 2.75) is 25.0 Å². The summed E-state index contributed by atoms with van der Waals surface area (Å²) in [6, 6.07) is 3.38. The Hall–Kier alpha value is -1.14. The zero-order chi connectivity index (χ0) is 13.6. The number of hydrogen-bond acceptors (Lipinski definition) is 3. The molecule has 2 saturated heterocycles. The number of nitrogens with one attached hydrogen (secondary N) is 1. The van der Waals surface area contributed by atoms with E-state index in [1.165, 1.54) is 0 Å². The summed E-state index contributed by atoms with van der Waals surface area (Å²) in [7, 11) is 0. The monoisotopic (exact) mass is 327 g/mol. The fourth-order valence-electron chi connectivity index (χ4n) is 2.80. The first-order valence-corrected chi connectivity index (χ1v) is 7.08. The van der Waals surface area contributed by atoms with Crippen molar-refractivity contribution in [3.05, 3.63) is 28.0 Å². The van der Waals surface area contributed by atoms with Gasteiger partial charge in [-0.3, -0.25) is 5.41 Å². The smallest absolute Gasteiger partial charge is 0.161 e. The molecule has 0 radical (unpaired) electrons. The molecule has 2 aliphatic rings. The molecule has 102 valence electrons. The van der Waals surface area contributed by atoms with Crippen molar-refractivity contribution in [3.8, 4) is 0 Å². The van der Waals surface area contributed by atoms with E-state index >= 15 is 0 Å². The number of benzene rings is 1. The third-order valence-corrected chi connectivity index (χ3v) is 4.51. The van der Waals surface area contributed by atoms with E-state index in [-0.39, 0.29) is 28.3 Å². The quantitative estimate of drug-likeness (QED) is 0.646. The first-order valence-electron chi connectivity index (χ1n) is 6.29. The van der Waals surface area contributed by atoms with Crippen molar-refractivity contribution in [1.29, 1.82) is 5.41 Å². The molecule has 2 atom stereocenters. The molecule has 0 amide bonds. The molecule has 2 aliphatic heterocycles. The van der Waals surface area contributed by atoms with Crippen LogP contribution >= 0.6 is 15.9 Å². The SMILES string of the molecule is N=C(N)c1ccc(N2CC3CCC(C2)O3)c(F)c1Br. The average molecular weight is 328 g/mol. The number of rotatable bonds is 2. The normalized spacial score (nSPS) is 25.7. The van der Waals surface area contributed by atoms with Crippen molar-refractivity contribution < 1.29 is 9.13 Å². The van der Waals surface area contributed by atoms with Crippen LogP contribution in [0.25, 0.3) is 0 Å². The van der Waals surface area contributed by atoms with Gasteiger partial charge in [0.05, 0.1) is 22.4 Å². The van der Waals surface area contributed by atoms with Crippen LogP contribution in [0.5, 0.6) is 0 Å². The van der Waals surface area contributed by atoms with Gasteiger partial charge in [-0.2, -0.15) is 0 Å². The van der Waals surface area contributed by atoms with E-state index in [1.54, 1.807) is 12.1 Å². The molecule has 1 aromatic carbocycles. The molecular weight excluding hydrogens is 313 g/mol. The first-order chi connectivity index (χ1) is 9.06. The lowest BCUT2D eigenvalue weighted by atomic mass is 10.1. The second-order valence-corrected chi connectivity index (χ2v) is 5.83. The fourth-order valence-corrected chi connectivity index (χ4v) is 3.35. The average Bonchev–Trinajstić information content (AvgIpc) is 2.71. The highest BCUT2D eigenvalue weighted by Gasteiger charge is 2.34. The molecule has 0 spiro atoms. The molecule has 2 bridgehead atoms. The van der Waals surface area contributed by atoms with Gasteiger partial charge < -0.3 is 15.4 Å². The molecule has 2 unspecified atom stereocenters. The summed E-state index contributed by atoms with van der Waals surface area (Å²) in [5.41, 5.74) is 6.36. The Morgan fingerprint density at radius 3 is 2.58 bits per heavy atom. The zero-order valence-corrected chi connectivity index (χ0v) is 11.9. The molecule has 4 nitrogen and oxygen atoms in total. The lowest BCUT2D eigenvalue weighted by Gasteiger charge is -2.34. The largest absolute Gasteiger partial charge is 0.384 e. The molecule has 6 heteroatoms. The topological polar surface area (TPSA) is 62.3 Å². The van der Waals surface area contributed by atoms with Gasteiger partial charge in [0.2, 0.25) is 0 Å². The summed E-state index contributed by atoms with van der Waals surface area (Å²) < 4.78 is 20.4. The lowest BCUT2D eigenvalue weighted by Crippen LogP contribution is -2.43. The van der Waals surface area contributed by atoms with Crippen molar-refractivity contribution >= 4 is 27.5 Å². The van der Waals surface area contributed by atoms with E-state index in [4.69, 9.17) is 15.9 Å². The van der Waals surface area contributed by atoms with E-state index in [9.17, 15) is 4.39 Å². The van der Waals surface area contributed by atoms with Crippen molar-refractivity contribution in [3.63, 3.8) is 0 Å². The molecule has 2 fully saturated rings. The van der Waals surface area contributed by atoms with E-state index < -0.39 is 0 Å². The Morgan fingerprint density at radius 2 is 2.00 bits per heavy atom. The number of hydrogen-bond donors (Lipinski definition) is 2. The third-order valence-electron chi connectivity index (χ3n) is 3.74. The van der Waals surface area contributed by atoms with Gasteiger partial charge in [-0.1, -0.05) is 0 Å². The maximum absolute atomic E-state index is 14.4. The molecule has 3 rings (SSSR count). The predicted molar refractivity (Wildman–Crippen MR) is 75.2 cm³/mol. The Bertz CT molecular complexity index is 525. The summed E-state index contributed by atoms with van der Waals surface area (Å²) in [5, 5.41) is 7.41. The molecule has 19 heavy (non-hydrogen) atoms. The highest BCUT2D eigenvalue weighted by Crippen LogP contribution is 2.34.